The molecule has 1 saturated carbocycles. The minimum absolute atomic E-state index is 0.182. The van der Waals surface area contributed by atoms with E-state index in [9.17, 15) is 0 Å². The predicted octanol–water partition coefficient (Wildman–Crippen LogP) is 0.332. The first-order valence-electron chi connectivity index (χ1n) is 7.15. The van der Waals surface area contributed by atoms with E-state index >= 15 is 0 Å². The van der Waals surface area contributed by atoms with Crippen LogP contribution in [-0.2, 0) is 14.2 Å². The maximum Gasteiger partial charge on any atom is 0.168 e. The molecule has 3 fully saturated rings. The van der Waals surface area contributed by atoms with Crippen LogP contribution in [0.2, 0.25) is 0 Å². The second-order valence-electron chi connectivity index (χ2n) is 5.66. The zero-order valence-electron chi connectivity index (χ0n) is 11.0. The summed E-state index contributed by atoms with van der Waals surface area (Å²) in [7, 11) is 0. The molecule has 3 aliphatic rings. The molecular formula is C13H24N2O3. The number of nitrogens with zero attached hydrogens (tertiary/aromatic N) is 1. The number of hydrogen-bond donors (Lipinski definition) is 1. The second-order valence-corrected chi connectivity index (χ2v) is 5.66. The molecule has 0 amide bonds. The topological polar surface area (TPSA) is 57.0 Å². The van der Waals surface area contributed by atoms with Crippen LogP contribution in [0.1, 0.15) is 25.7 Å². The molecule has 0 aromatic heterocycles. The first kappa shape index (κ1) is 12.8. The summed E-state index contributed by atoms with van der Waals surface area (Å²) in [6.45, 7) is 4.96. The first-order chi connectivity index (χ1) is 8.80. The third-order valence-electron chi connectivity index (χ3n) is 4.23. The van der Waals surface area contributed by atoms with E-state index < -0.39 is 0 Å². The predicted molar refractivity (Wildman–Crippen MR) is 67.3 cm³/mol. The molecule has 5 heteroatoms. The van der Waals surface area contributed by atoms with Gasteiger partial charge in [-0.15, -0.1) is 0 Å². The van der Waals surface area contributed by atoms with Crippen molar-refractivity contribution in [3.05, 3.63) is 0 Å². The average Bonchev–Trinajstić information content (AvgIpc) is 3.01. The average molecular weight is 256 g/mol. The quantitative estimate of drug-likeness (QED) is 0.788. The van der Waals surface area contributed by atoms with Gasteiger partial charge < -0.3 is 19.9 Å². The van der Waals surface area contributed by atoms with Crippen LogP contribution in [-0.4, -0.2) is 62.3 Å². The first-order valence-corrected chi connectivity index (χ1v) is 7.15. The number of rotatable bonds is 3. The van der Waals surface area contributed by atoms with E-state index in [2.05, 4.69) is 4.90 Å². The smallest absolute Gasteiger partial charge is 0.168 e. The Hall–Kier alpha value is -0.200. The Balaban J connectivity index is 1.48. The molecule has 0 radical (unpaired) electrons. The van der Waals surface area contributed by atoms with E-state index in [-0.39, 0.29) is 18.0 Å². The number of morpholine rings is 1. The van der Waals surface area contributed by atoms with Crippen LogP contribution in [0, 0.1) is 0 Å². The van der Waals surface area contributed by atoms with Crippen molar-refractivity contribution >= 4 is 0 Å². The highest BCUT2D eigenvalue weighted by Gasteiger charge is 2.44. The lowest BCUT2D eigenvalue weighted by Crippen LogP contribution is -2.48. The van der Waals surface area contributed by atoms with Crippen LogP contribution >= 0.6 is 0 Å². The van der Waals surface area contributed by atoms with E-state index in [1.807, 2.05) is 0 Å². The lowest BCUT2D eigenvalue weighted by Gasteiger charge is -2.33. The molecule has 2 N–H and O–H groups in total. The minimum atomic E-state index is -0.232. The second kappa shape index (κ2) is 5.43. The van der Waals surface area contributed by atoms with Crippen molar-refractivity contribution in [3.8, 4) is 0 Å². The Morgan fingerprint density at radius 1 is 1.22 bits per heavy atom. The molecule has 2 saturated heterocycles. The third kappa shape index (κ3) is 2.70. The summed E-state index contributed by atoms with van der Waals surface area (Å²) in [5.41, 5.74) is 5.66. The van der Waals surface area contributed by atoms with Gasteiger partial charge in [-0.25, -0.2) is 0 Å². The Bertz CT molecular complexity index is 281. The van der Waals surface area contributed by atoms with Crippen molar-refractivity contribution in [2.45, 2.75) is 43.7 Å². The van der Waals surface area contributed by atoms with Gasteiger partial charge in [-0.1, -0.05) is 0 Å². The van der Waals surface area contributed by atoms with Gasteiger partial charge in [-0.3, -0.25) is 4.90 Å². The SMILES string of the molecule is NCC1CN(CC2COC3(CCCC3)O2)CCO1. The molecule has 2 aliphatic heterocycles. The fourth-order valence-corrected chi connectivity index (χ4v) is 3.26. The Kier molecular flexibility index (Phi) is 3.86. The Labute approximate surface area is 109 Å². The molecule has 104 valence electrons. The molecule has 3 rings (SSSR count). The lowest BCUT2D eigenvalue weighted by atomic mass is 10.2. The van der Waals surface area contributed by atoms with Crippen molar-refractivity contribution < 1.29 is 14.2 Å². The lowest BCUT2D eigenvalue weighted by molar-refractivity contribution is -0.164. The molecule has 5 nitrogen and oxygen atoms in total. The summed E-state index contributed by atoms with van der Waals surface area (Å²) in [6, 6.07) is 0. The molecule has 2 heterocycles. The summed E-state index contributed by atoms with van der Waals surface area (Å²) in [4.78, 5) is 2.39. The van der Waals surface area contributed by atoms with Crippen LogP contribution in [0.5, 0.6) is 0 Å². The number of hydrogen-bond acceptors (Lipinski definition) is 5. The van der Waals surface area contributed by atoms with E-state index in [1.54, 1.807) is 0 Å². The fourth-order valence-electron chi connectivity index (χ4n) is 3.26. The molecule has 2 atom stereocenters. The molecule has 0 bridgehead atoms. The zero-order valence-corrected chi connectivity index (χ0v) is 11.0. The normalized spacial score (nSPS) is 36.5. The molecule has 0 aromatic carbocycles. The summed E-state index contributed by atoms with van der Waals surface area (Å²) >= 11 is 0. The highest BCUT2D eigenvalue weighted by atomic mass is 16.7. The van der Waals surface area contributed by atoms with E-state index in [0.29, 0.717) is 6.54 Å². The van der Waals surface area contributed by atoms with Crippen molar-refractivity contribution in [2.24, 2.45) is 5.73 Å². The van der Waals surface area contributed by atoms with E-state index in [0.717, 1.165) is 45.7 Å². The fraction of sp³-hybridized carbons (Fsp3) is 1.00. The van der Waals surface area contributed by atoms with Gasteiger partial charge >= 0.3 is 0 Å². The van der Waals surface area contributed by atoms with Gasteiger partial charge in [-0.05, 0) is 12.8 Å². The minimum Gasteiger partial charge on any atom is -0.374 e. The van der Waals surface area contributed by atoms with Crippen LogP contribution < -0.4 is 5.73 Å². The van der Waals surface area contributed by atoms with Crippen LogP contribution in [0.15, 0.2) is 0 Å². The monoisotopic (exact) mass is 256 g/mol. The van der Waals surface area contributed by atoms with Crippen molar-refractivity contribution in [2.75, 3.05) is 39.4 Å². The van der Waals surface area contributed by atoms with Crippen LogP contribution in [0.4, 0.5) is 0 Å². The standard InChI is InChI=1S/C13H24N2O3/c14-7-11-8-15(5-6-16-11)9-12-10-17-13(18-12)3-1-2-4-13/h11-12H,1-10,14H2. The van der Waals surface area contributed by atoms with Gasteiger partial charge in [0.15, 0.2) is 5.79 Å². The maximum atomic E-state index is 6.15. The van der Waals surface area contributed by atoms with Gasteiger partial charge in [0.05, 0.1) is 25.4 Å². The largest absolute Gasteiger partial charge is 0.374 e. The molecule has 0 aromatic rings. The molecule has 18 heavy (non-hydrogen) atoms. The summed E-state index contributed by atoms with van der Waals surface area (Å²) < 4.78 is 17.6. The zero-order chi connectivity index (χ0) is 12.4. The van der Waals surface area contributed by atoms with E-state index in [4.69, 9.17) is 19.9 Å². The van der Waals surface area contributed by atoms with Gasteiger partial charge in [0, 0.05) is 39.0 Å². The maximum absolute atomic E-state index is 6.15. The van der Waals surface area contributed by atoms with Crippen molar-refractivity contribution in [1.29, 1.82) is 0 Å². The Morgan fingerprint density at radius 3 is 2.83 bits per heavy atom. The molecule has 2 unspecified atom stereocenters. The van der Waals surface area contributed by atoms with Crippen molar-refractivity contribution in [1.82, 2.24) is 4.90 Å². The number of nitrogens with two attached hydrogens (primary N) is 1. The summed E-state index contributed by atoms with van der Waals surface area (Å²) in [6.07, 6.45) is 5.01. The van der Waals surface area contributed by atoms with Crippen molar-refractivity contribution in [3.63, 3.8) is 0 Å². The molecular weight excluding hydrogens is 232 g/mol. The van der Waals surface area contributed by atoms with E-state index in [1.165, 1.54) is 12.8 Å². The molecule has 1 aliphatic carbocycles. The summed E-state index contributed by atoms with van der Waals surface area (Å²) in [5.74, 6) is -0.232. The summed E-state index contributed by atoms with van der Waals surface area (Å²) in [5, 5.41) is 0. The highest BCUT2D eigenvalue weighted by Crippen LogP contribution is 2.39. The van der Waals surface area contributed by atoms with Gasteiger partial charge in [0.2, 0.25) is 0 Å². The van der Waals surface area contributed by atoms with Gasteiger partial charge in [-0.2, -0.15) is 0 Å². The van der Waals surface area contributed by atoms with Crippen LogP contribution in [0.3, 0.4) is 0 Å². The number of ether oxygens (including phenoxy) is 3. The van der Waals surface area contributed by atoms with Gasteiger partial charge in [0.1, 0.15) is 0 Å². The van der Waals surface area contributed by atoms with Gasteiger partial charge in [0.25, 0.3) is 0 Å². The third-order valence-corrected chi connectivity index (χ3v) is 4.23. The Morgan fingerprint density at radius 2 is 2.06 bits per heavy atom. The highest BCUT2D eigenvalue weighted by molar-refractivity contribution is 4.86. The van der Waals surface area contributed by atoms with Crippen LogP contribution in [0.25, 0.3) is 0 Å². The molecule has 1 spiro atoms.